The predicted molar refractivity (Wildman–Crippen MR) is 118 cm³/mol. The SMILES string of the molecule is CN(CCC#N)S(=O)(=O)c1ccc2[nH]cc(C(=O)NCc3ccc4c(c3)OCO4)c(=O)c2c1. The molecule has 10 nitrogen and oxygen atoms in total. The van der Waals surface area contributed by atoms with Gasteiger partial charge in [0, 0.05) is 43.7 Å². The molecule has 2 aromatic carbocycles. The van der Waals surface area contributed by atoms with Gasteiger partial charge in [0.05, 0.1) is 11.0 Å². The van der Waals surface area contributed by atoms with Crippen LogP contribution in [-0.4, -0.2) is 44.0 Å². The van der Waals surface area contributed by atoms with Crippen LogP contribution < -0.4 is 20.2 Å². The van der Waals surface area contributed by atoms with Crippen LogP contribution in [0.2, 0.25) is 0 Å². The molecule has 1 aromatic heterocycles. The molecular weight excluding hydrogens is 448 g/mol. The standard InChI is InChI=1S/C22H20N4O6S/c1-26(8-2-7-23)33(29,30)15-4-5-18-16(10-15)21(27)17(12-24-18)22(28)25-11-14-3-6-19-20(9-14)32-13-31-19/h3-6,9-10,12H,2,8,11,13H2,1H3,(H,24,27)(H,25,28). The van der Waals surface area contributed by atoms with Gasteiger partial charge >= 0.3 is 0 Å². The van der Waals surface area contributed by atoms with E-state index in [0.717, 1.165) is 9.87 Å². The predicted octanol–water partition coefficient (Wildman–Crippen LogP) is 1.72. The topological polar surface area (TPSA) is 142 Å². The fourth-order valence-corrected chi connectivity index (χ4v) is 4.56. The van der Waals surface area contributed by atoms with Crippen LogP contribution in [0.1, 0.15) is 22.3 Å². The van der Waals surface area contributed by atoms with Gasteiger partial charge < -0.3 is 19.8 Å². The Balaban J connectivity index is 1.58. The van der Waals surface area contributed by atoms with E-state index < -0.39 is 21.4 Å². The van der Waals surface area contributed by atoms with Crippen molar-refractivity contribution < 1.29 is 22.7 Å². The zero-order valence-electron chi connectivity index (χ0n) is 17.6. The maximum Gasteiger partial charge on any atom is 0.257 e. The van der Waals surface area contributed by atoms with Gasteiger partial charge in [-0.25, -0.2) is 8.42 Å². The number of nitrogens with zero attached hydrogens (tertiary/aromatic N) is 2. The molecule has 1 aliphatic rings. The third-order valence-electron chi connectivity index (χ3n) is 5.23. The lowest BCUT2D eigenvalue weighted by Crippen LogP contribution is -2.29. The highest BCUT2D eigenvalue weighted by Gasteiger charge is 2.22. The van der Waals surface area contributed by atoms with Crippen LogP contribution in [0.4, 0.5) is 0 Å². The summed E-state index contributed by atoms with van der Waals surface area (Å²) in [6, 6.07) is 11.2. The summed E-state index contributed by atoms with van der Waals surface area (Å²) in [6.07, 6.45) is 1.34. The van der Waals surface area contributed by atoms with Gasteiger partial charge in [-0.15, -0.1) is 0 Å². The van der Waals surface area contributed by atoms with E-state index in [1.165, 1.54) is 31.4 Å². The molecule has 11 heteroatoms. The Kier molecular flexibility index (Phi) is 6.04. The minimum absolute atomic E-state index is 0.0233. The summed E-state index contributed by atoms with van der Waals surface area (Å²) in [5.74, 6) is 0.606. The van der Waals surface area contributed by atoms with Crippen molar-refractivity contribution in [1.82, 2.24) is 14.6 Å². The summed E-state index contributed by atoms with van der Waals surface area (Å²) in [7, 11) is -2.53. The summed E-state index contributed by atoms with van der Waals surface area (Å²) in [6.45, 7) is 0.323. The fraction of sp³-hybridized carbons (Fsp3) is 0.227. The Hall–Kier alpha value is -3.88. The van der Waals surface area contributed by atoms with E-state index in [9.17, 15) is 18.0 Å². The first kappa shape index (κ1) is 22.3. The summed E-state index contributed by atoms with van der Waals surface area (Å²) in [4.78, 5) is 28.4. The average molecular weight is 468 g/mol. The first-order valence-electron chi connectivity index (χ1n) is 9.97. The molecule has 1 amide bonds. The van der Waals surface area contributed by atoms with Crippen molar-refractivity contribution in [2.24, 2.45) is 0 Å². The molecule has 2 N–H and O–H groups in total. The number of fused-ring (bicyclic) bond motifs is 2. The summed E-state index contributed by atoms with van der Waals surface area (Å²) >= 11 is 0. The van der Waals surface area contributed by atoms with Crippen molar-refractivity contribution in [2.45, 2.75) is 17.9 Å². The van der Waals surface area contributed by atoms with Crippen molar-refractivity contribution in [3.8, 4) is 17.6 Å². The van der Waals surface area contributed by atoms with Crippen molar-refractivity contribution in [3.63, 3.8) is 0 Å². The second-order valence-electron chi connectivity index (χ2n) is 7.34. The minimum Gasteiger partial charge on any atom is -0.454 e. The molecule has 1 aliphatic heterocycles. The van der Waals surface area contributed by atoms with Gasteiger partial charge in [0.2, 0.25) is 22.2 Å². The summed E-state index contributed by atoms with van der Waals surface area (Å²) < 4.78 is 37.1. The van der Waals surface area contributed by atoms with E-state index >= 15 is 0 Å². The Morgan fingerprint density at radius 2 is 2.00 bits per heavy atom. The number of nitriles is 1. The Labute approximate surface area is 189 Å². The highest BCUT2D eigenvalue weighted by molar-refractivity contribution is 7.89. The van der Waals surface area contributed by atoms with Gasteiger partial charge in [0.25, 0.3) is 5.91 Å². The molecule has 0 bridgehead atoms. The number of carbonyl (C=O) groups excluding carboxylic acids is 1. The maximum atomic E-state index is 13.0. The van der Waals surface area contributed by atoms with Crippen LogP contribution in [0.3, 0.4) is 0 Å². The number of pyridine rings is 1. The molecular formula is C22H20N4O6S. The molecule has 0 atom stereocenters. The number of nitrogens with one attached hydrogen (secondary N) is 2. The van der Waals surface area contributed by atoms with Gasteiger partial charge in [0.1, 0.15) is 5.56 Å². The summed E-state index contributed by atoms with van der Waals surface area (Å²) in [5.41, 5.74) is 0.420. The number of H-pyrrole nitrogens is 1. The van der Waals surface area contributed by atoms with E-state index in [1.807, 2.05) is 6.07 Å². The van der Waals surface area contributed by atoms with Crippen LogP contribution in [0.25, 0.3) is 10.9 Å². The van der Waals surface area contributed by atoms with E-state index in [2.05, 4.69) is 10.3 Å². The maximum absolute atomic E-state index is 13.0. The van der Waals surface area contributed by atoms with Gasteiger partial charge in [-0.05, 0) is 35.9 Å². The fourth-order valence-electron chi connectivity index (χ4n) is 3.36. The molecule has 0 unspecified atom stereocenters. The van der Waals surface area contributed by atoms with Crippen molar-refractivity contribution in [1.29, 1.82) is 5.26 Å². The van der Waals surface area contributed by atoms with Crippen LogP contribution >= 0.6 is 0 Å². The number of ether oxygens (including phenoxy) is 2. The molecule has 33 heavy (non-hydrogen) atoms. The van der Waals surface area contributed by atoms with Gasteiger partial charge in [-0.2, -0.15) is 9.57 Å². The van der Waals surface area contributed by atoms with Crippen LogP contribution in [0, 0.1) is 11.3 Å². The smallest absolute Gasteiger partial charge is 0.257 e. The molecule has 3 aromatic rings. The molecule has 0 saturated carbocycles. The molecule has 0 spiro atoms. The van der Waals surface area contributed by atoms with E-state index in [-0.39, 0.29) is 42.1 Å². The number of carbonyl (C=O) groups is 1. The number of aromatic nitrogens is 1. The van der Waals surface area contributed by atoms with Crippen molar-refractivity contribution >= 4 is 26.8 Å². The highest BCUT2D eigenvalue weighted by Crippen LogP contribution is 2.32. The van der Waals surface area contributed by atoms with E-state index in [4.69, 9.17) is 14.7 Å². The first-order valence-corrected chi connectivity index (χ1v) is 11.4. The Bertz CT molecular complexity index is 1440. The number of sulfonamides is 1. The second kappa shape index (κ2) is 8.93. The van der Waals surface area contributed by atoms with Gasteiger partial charge in [0.15, 0.2) is 11.5 Å². The molecule has 4 rings (SSSR count). The van der Waals surface area contributed by atoms with Crippen LogP contribution in [0.5, 0.6) is 11.5 Å². The average Bonchev–Trinajstić information content (AvgIpc) is 3.29. The number of hydrogen-bond donors (Lipinski definition) is 2. The largest absolute Gasteiger partial charge is 0.454 e. The molecule has 0 radical (unpaired) electrons. The molecule has 0 fully saturated rings. The Morgan fingerprint density at radius 1 is 1.21 bits per heavy atom. The molecule has 0 saturated heterocycles. The number of aromatic amines is 1. The lowest BCUT2D eigenvalue weighted by Gasteiger charge is -2.16. The minimum atomic E-state index is -3.90. The highest BCUT2D eigenvalue weighted by atomic mass is 32.2. The lowest BCUT2D eigenvalue weighted by molar-refractivity contribution is 0.0949. The molecule has 2 heterocycles. The molecule has 170 valence electrons. The lowest BCUT2D eigenvalue weighted by atomic mass is 10.1. The van der Waals surface area contributed by atoms with E-state index in [1.54, 1.807) is 18.2 Å². The quantitative estimate of drug-likeness (QED) is 0.538. The number of rotatable bonds is 7. The first-order chi connectivity index (χ1) is 15.8. The van der Waals surface area contributed by atoms with Crippen molar-refractivity contribution in [3.05, 3.63) is 63.9 Å². The number of amides is 1. The summed E-state index contributed by atoms with van der Waals surface area (Å²) in [5, 5.41) is 11.5. The monoisotopic (exact) mass is 468 g/mol. The zero-order chi connectivity index (χ0) is 23.6. The van der Waals surface area contributed by atoms with Crippen molar-refractivity contribution in [2.75, 3.05) is 20.4 Å². The van der Waals surface area contributed by atoms with Crippen LogP contribution in [0.15, 0.2) is 52.3 Å². The third-order valence-corrected chi connectivity index (χ3v) is 7.09. The number of benzene rings is 2. The van der Waals surface area contributed by atoms with E-state index in [0.29, 0.717) is 17.0 Å². The Morgan fingerprint density at radius 3 is 2.79 bits per heavy atom. The van der Waals surface area contributed by atoms with Gasteiger partial charge in [-0.1, -0.05) is 6.07 Å². The second-order valence-corrected chi connectivity index (χ2v) is 9.39. The number of hydrogen-bond acceptors (Lipinski definition) is 7. The third kappa shape index (κ3) is 4.39. The normalized spacial score (nSPS) is 12.6. The van der Waals surface area contributed by atoms with Crippen LogP contribution in [-0.2, 0) is 16.6 Å². The molecule has 0 aliphatic carbocycles. The van der Waals surface area contributed by atoms with Gasteiger partial charge in [-0.3, -0.25) is 9.59 Å². The zero-order valence-corrected chi connectivity index (χ0v) is 18.4.